The van der Waals surface area contributed by atoms with Crippen LogP contribution in [0, 0.1) is 0 Å². The van der Waals surface area contributed by atoms with E-state index in [0.717, 1.165) is 13.0 Å². The molecule has 118 valence electrons. The van der Waals surface area contributed by atoms with Gasteiger partial charge in [-0.2, -0.15) is 9.40 Å². The highest BCUT2D eigenvalue weighted by atomic mass is 32.2. The van der Waals surface area contributed by atoms with Gasteiger partial charge in [0.1, 0.15) is 4.90 Å². The van der Waals surface area contributed by atoms with Crippen LogP contribution in [0.2, 0.25) is 0 Å². The number of nitrogens with zero attached hydrogens (tertiary/aromatic N) is 3. The van der Waals surface area contributed by atoms with E-state index >= 15 is 0 Å². The molecular weight excluding hydrogens is 292 g/mol. The Morgan fingerprint density at radius 3 is 2.95 bits per heavy atom. The highest BCUT2D eigenvalue weighted by molar-refractivity contribution is 7.89. The number of ether oxygens (including phenoxy) is 1. The average molecular weight is 314 g/mol. The second-order valence-corrected chi connectivity index (χ2v) is 7.70. The fourth-order valence-electron chi connectivity index (χ4n) is 2.44. The molecule has 1 unspecified atom stereocenters. The zero-order valence-corrected chi connectivity index (χ0v) is 13.1. The number of likely N-dealkylation sites (N-methyl/N-ethyl adjacent to an activating group) is 1. The summed E-state index contributed by atoms with van der Waals surface area (Å²) in [6, 6.07) is 0.576. The van der Waals surface area contributed by atoms with Crippen molar-refractivity contribution in [3.05, 3.63) is 12.4 Å². The van der Waals surface area contributed by atoms with Gasteiger partial charge in [-0.25, -0.2) is 8.42 Å². The molecule has 1 saturated carbocycles. The van der Waals surface area contributed by atoms with Crippen molar-refractivity contribution in [2.75, 3.05) is 26.8 Å². The molecule has 2 fully saturated rings. The van der Waals surface area contributed by atoms with Crippen LogP contribution in [0.15, 0.2) is 17.3 Å². The first-order valence-electron chi connectivity index (χ1n) is 7.39. The monoisotopic (exact) mass is 314 g/mol. The molecule has 3 rings (SSSR count). The largest absolute Gasteiger partial charge is 0.380 e. The summed E-state index contributed by atoms with van der Waals surface area (Å²) in [5.74, 6) is 0. The van der Waals surface area contributed by atoms with Gasteiger partial charge in [-0.15, -0.1) is 0 Å². The highest BCUT2D eigenvalue weighted by Crippen LogP contribution is 2.20. The molecule has 1 aromatic rings. The van der Waals surface area contributed by atoms with Crippen LogP contribution in [0.25, 0.3) is 0 Å². The fourth-order valence-corrected chi connectivity index (χ4v) is 3.77. The number of rotatable bonds is 7. The van der Waals surface area contributed by atoms with E-state index in [0.29, 0.717) is 25.8 Å². The summed E-state index contributed by atoms with van der Waals surface area (Å²) in [6.45, 7) is 2.59. The van der Waals surface area contributed by atoms with Crippen LogP contribution in [0.3, 0.4) is 0 Å². The standard InChI is InChI=1S/C13H22N4O3S/c1-16(12-4-7-20-10-12)21(18,19)13-8-15-17(9-13)6-5-14-11-2-3-11/h8-9,11-12,14H,2-7,10H2,1H3. The molecule has 0 bridgehead atoms. The van der Waals surface area contributed by atoms with E-state index in [9.17, 15) is 8.42 Å². The number of hydrogen-bond donors (Lipinski definition) is 1. The first-order chi connectivity index (χ1) is 10.1. The maximum Gasteiger partial charge on any atom is 0.246 e. The molecule has 0 radical (unpaired) electrons. The lowest BCUT2D eigenvalue weighted by Crippen LogP contribution is -2.37. The van der Waals surface area contributed by atoms with Crippen LogP contribution >= 0.6 is 0 Å². The SMILES string of the molecule is CN(C1CCOC1)S(=O)(=O)c1cnn(CCNC2CC2)c1. The normalized spacial score (nSPS) is 23.0. The maximum atomic E-state index is 12.5. The number of sulfonamides is 1. The van der Waals surface area contributed by atoms with Crippen molar-refractivity contribution in [1.29, 1.82) is 0 Å². The number of nitrogens with one attached hydrogen (secondary N) is 1. The van der Waals surface area contributed by atoms with Crippen molar-refractivity contribution < 1.29 is 13.2 Å². The molecule has 0 aromatic carbocycles. The summed E-state index contributed by atoms with van der Waals surface area (Å²) in [7, 11) is -1.87. The van der Waals surface area contributed by atoms with E-state index in [1.807, 2.05) is 0 Å². The van der Waals surface area contributed by atoms with Crippen molar-refractivity contribution >= 4 is 10.0 Å². The molecule has 1 N–H and O–H groups in total. The van der Waals surface area contributed by atoms with Gasteiger partial charge in [0.15, 0.2) is 0 Å². The molecule has 0 amide bonds. The molecule has 1 aromatic heterocycles. The molecule has 1 saturated heterocycles. The predicted octanol–water partition coefficient (Wildman–Crippen LogP) is 0.0445. The Labute approximate surface area is 125 Å². The van der Waals surface area contributed by atoms with Crippen LogP contribution in [0.1, 0.15) is 19.3 Å². The summed E-state index contributed by atoms with van der Waals surface area (Å²) in [6.07, 6.45) is 6.27. The predicted molar refractivity (Wildman–Crippen MR) is 77.4 cm³/mol. The summed E-state index contributed by atoms with van der Waals surface area (Å²) in [4.78, 5) is 0.253. The fraction of sp³-hybridized carbons (Fsp3) is 0.769. The molecule has 0 spiro atoms. The van der Waals surface area contributed by atoms with Crippen molar-refractivity contribution in [1.82, 2.24) is 19.4 Å². The maximum absolute atomic E-state index is 12.5. The molecule has 1 atom stereocenters. The van der Waals surface area contributed by atoms with E-state index in [2.05, 4.69) is 10.4 Å². The quantitative estimate of drug-likeness (QED) is 0.769. The van der Waals surface area contributed by atoms with Gasteiger partial charge in [0.05, 0.1) is 25.4 Å². The van der Waals surface area contributed by atoms with Gasteiger partial charge in [-0.05, 0) is 19.3 Å². The van der Waals surface area contributed by atoms with E-state index in [-0.39, 0.29) is 10.9 Å². The third-order valence-electron chi connectivity index (χ3n) is 4.06. The number of hydrogen-bond acceptors (Lipinski definition) is 5. The Bertz CT molecular complexity index is 576. The summed E-state index contributed by atoms with van der Waals surface area (Å²) in [5, 5.41) is 7.53. The Morgan fingerprint density at radius 1 is 1.48 bits per heavy atom. The van der Waals surface area contributed by atoms with Crippen molar-refractivity contribution in [2.24, 2.45) is 0 Å². The molecule has 7 nitrogen and oxygen atoms in total. The lowest BCUT2D eigenvalue weighted by molar-refractivity contribution is 0.181. The molecule has 1 aliphatic heterocycles. The van der Waals surface area contributed by atoms with Crippen LogP contribution in [0.4, 0.5) is 0 Å². The average Bonchev–Trinajstić information content (AvgIpc) is 2.96. The third kappa shape index (κ3) is 3.45. The summed E-state index contributed by atoms with van der Waals surface area (Å²) >= 11 is 0. The Morgan fingerprint density at radius 2 is 2.29 bits per heavy atom. The molecule has 1 aliphatic carbocycles. The van der Waals surface area contributed by atoms with Gasteiger partial charge < -0.3 is 10.1 Å². The van der Waals surface area contributed by atoms with Gasteiger partial charge in [-0.3, -0.25) is 4.68 Å². The van der Waals surface area contributed by atoms with Crippen molar-refractivity contribution in [3.63, 3.8) is 0 Å². The summed E-state index contributed by atoms with van der Waals surface area (Å²) < 4.78 is 33.4. The number of aromatic nitrogens is 2. The second kappa shape index (κ2) is 6.04. The van der Waals surface area contributed by atoms with E-state index in [1.165, 1.54) is 23.3 Å². The lowest BCUT2D eigenvalue weighted by atomic mass is 10.3. The Kier molecular flexibility index (Phi) is 4.30. The topological polar surface area (TPSA) is 76.5 Å². The van der Waals surface area contributed by atoms with Crippen LogP contribution in [-0.2, 0) is 21.3 Å². The van der Waals surface area contributed by atoms with Crippen LogP contribution < -0.4 is 5.32 Å². The Hall–Kier alpha value is -0.960. The zero-order valence-electron chi connectivity index (χ0n) is 12.2. The Balaban J connectivity index is 1.62. The second-order valence-electron chi connectivity index (χ2n) is 5.71. The van der Waals surface area contributed by atoms with Gasteiger partial charge in [0.2, 0.25) is 10.0 Å². The van der Waals surface area contributed by atoms with Gasteiger partial charge in [-0.1, -0.05) is 0 Å². The summed E-state index contributed by atoms with van der Waals surface area (Å²) in [5.41, 5.74) is 0. The molecular formula is C13H22N4O3S. The first kappa shape index (κ1) is 15.0. The van der Waals surface area contributed by atoms with Gasteiger partial charge in [0, 0.05) is 32.4 Å². The highest BCUT2D eigenvalue weighted by Gasteiger charge is 2.31. The van der Waals surface area contributed by atoms with Gasteiger partial charge in [0.25, 0.3) is 0 Å². The lowest BCUT2D eigenvalue weighted by Gasteiger charge is -2.21. The molecule has 2 heterocycles. The van der Waals surface area contributed by atoms with Gasteiger partial charge >= 0.3 is 0 Å². The van der Waals surface area contributed by atoms with Crippen LogP contribution in [0.5, 0.6) is 0 Å². The third-order valence-corrected chi connectivity index (χ3v) is 5.92. The minimum Gasteiger partial charge on any atom is -0.380 e. The van der Waals surface area contributed by atoms with E-state index in [1.54, 1.807) is 17.9 Å². The molecule has 8 heteroatoms. The van der Waals surface area contributed by atoms with E-state index in [4.69, 9.17) is 4.74 Å². The zero-order chi connectivity index (χ0) is 14.9. The molecule has 21 heavy (non-hydrogen) atoms. The van der Waals surface area contributed by atoms with Crippen molar-refractivity contribution in [2.45, 2.75) is 42.8 Å². The van der Waals surface area contributed by atoms with E-state index < -0.39 is 10.0 Å². The van der Waals surface area contributed by atoms with Crippen LogP contribution in [-0.4, -0.2) is 61.4 Å². The smallest absolute Gasteiger partial charge is 0.246 e. The first-order valence-corrected chi connectivity index (χ1v) is 8.83. The minimum atomic E-state index is -3.48. The minimum absolute atomic E-state index is 0.0742. The molecule has 2 aliphatic rings. The van der Waals surface area contributed by atoms with Crippen molar-refractivity contribution in [3.8, 4) is 0 Å².